The van der Waals surface area contributed by atoms with E-state index in [4.69, 9.17) is 0 Å². The van der Waals surface area contributed by atoms with Gasteiger partial charge in [0, 0.05) is 6.21 Å². The molecule has 1 fully saturated rings. The van der Waals surface area contributed by atoms with E-state index in [0.717, 1.165) is 16.0 Å². The van der Waals surface area contributed by atoms with Crippen LogP contribution < -0.4 is 10.2 Å². The lowest BCUT2D eigenvalue weighted by molar-refractivity contribution is -0.131. The van der Waals surface area contributed by atoms with Gasteiger partial charge in [0.05, 0.1) is 11.4 Å². The summed E-state index contributed by atoms with van der Waals surface area (Å²) in [5.74, 6) is -2.44. The van der Waals surface area contributed by atoms with Crippen molar-refractivity contribution in [2.75, 3.05) is 4.90 Å². The summed E-state index contributed by atoms with van der Waals surface area (Å²) in [6.07, 6.45) is 1.28. The predicted molar refractivity (Wildman–Crippen MR) is 95.0 cm³/mol. The standard InChI is InChI=1S/C19H17N3O3/c1-12-7-9-14(10-8-12)20-11-15-17(23)21-19(25)22(18(15)24)16-6-4-3-5-13(16)2/h3-11,15H,1-2H3,(H,21,23,25)/t15-/m1/s1. The molecule has 2 aromatic rings. The molecule has 3 rings (SSSR count). The number of hydrogen-bond acceptors (Lipinski definition) is 4. The van der Waals surface area contributed by atoms with Crippen LogP contribution in [-0.4, -0.2) is 24.1 Å². The minimum atomic E-state index is -1.15. The molecule has 0 saturated carbocycles. The SMILES string of the molecule is Cc1ccc(N=C[C@@H]2C(=O)NC(=O)N(c3ccccc3C)C2=O)cc1. The lowest BCUT2D eigenvalue weighted by atomic mass is 10.0. The Morgan fingerprint density at radius 3 is 2.36 bits per heavy atom. The molecule has 0 aromatic heterocycles. The number of benzene rings is 2. The van der Waals surface area contributed by atoms with Crippen LogP contribution in [-0.2, 0) is 9.59 Å². The topological polar surface area (TPSA) is 78.8 Å². The molecular formula is C19H17N3O3. The minimum absolute atomic E-state index is 0.450. The summed E-state index contributed by atoms with van der Waals surface area (Å²) < 4.78 is 0. The van der Waals surface area contributed by atoms with Crippen LogP contribution in [0.5, 0.6) is 0 Å². The fourth-order valence-corrected chi connectivity index (χ4v) is 2.56. The fraction of sp³-hybridized carbons (Fsp3) is 0.158. The zero-order valence-corrected chi connectivity index (χ0v) is 13.9. The quantitative estimate of drug-likeness (QED) is 0.692. The van der Waals surface area contributed by atoms with Crippen LogP contribution in [0.3, 0.4) is 0 Å². The molecular weight excluding hydrogens is 318 g/mol. The number of aliphatic imine (C=N–C) groups is 1. The maximum absolute atomic E-state index is 12.7. The largest absolute Gasteiger partial charge is 0.335 e. The van der Waals surface area contributed by atoms with Gasteiger partial charge in [-0.1, -0.05) is 35.9 Å². The van der Waals surface area contributed by atoms with Crippen molar-refractivity contribution >= 4 is 35.4 Å². The molecule has 1 saturated heterocycles. The number of barbiturate groups is 1. The number of anilines is 1. The molecule has 0 radical (unpaired) electrons. The molecule has 2 aromatic carbocycles. The van der Waals surface area contributed by atoms with E-state index >= 15 is 0 Å². The molecule has 25 heavy (non-hydrogen) atoms. The fourth-order valence-electron chi connectivity index (χ4n) is 2.56. The van der Waals surface area contributed by atoms with Gasteiger partial charge in [0.2, 0.25) is 5.91 Å². The number of nitrogens with one attached hydrogen (secondary N) is 1. The van der Waals surface area contributed by atoms with Gasteiger partial charge in [0.1, 0.15) is 0 Å². The van der Waals surface area contributed by atoms with E-state index < -0.39 is 23.8 Å². The number of carbonyl (C=O) groups excluding carboxylic acids is 3. The van der Waals surface area contributed by atoms with Crippen molar-refractivity contribution < 1.29 is 14.4 Å². The number of nitrogens with zero attached hydrogens (tertiary/aromatic N) is 2. The van der Waals surface area contributed by atoms with Crippen LogP contribution in [0.1, 0.15) is 11.1 Å². The van der Waals surface area contributed by atoms with Gasteiger partial charge < -0.3 is 0 Å². The number of urea groups is 1. The summed E-state index contributed by atoms with van der Waals surface area (Å²) >= 11 is 0. The monoisotopic (exact) mass is 335 g/mol. The zero-order valence-electron chi connectivity index (χ0n) is 13.9. The van der Waals surface area contributed by atoms with Crippen LogP contribution in [0.15, 0.2) is 53.5 Å². The third-order valence-corrected chi connectivity index (χ3v) is 3.97. The lowest BCUT2D eigenvalue weighted by Crippen LogP contribution is -2.58. The Labute approximate surface area is 145 Å². The van der Waals surface area contributed by atoms with E-state index in [9.17, 15) is 14.4 Å². The normalized spacial score (nSPS) is 17.9. The van der Waals surface area contributed by atoms with E-state index in [1.165, 1.54) is 6.21 Å². The average molecular weight is 335 g/mol. The molecule has 6 nitrogen and oxygen atoms in total. The highest BCUT2D eigenvalue weighted by Gasteiger charge is 2.40. The summed E-state index contributed by atoms with van der Waals surface area (Å²) in [6, 6.07) is 13.6. The molecule has 1 aliphatic heterocycles. The number of aryl methyl sites for hydroxylation is 2. The second-order valence-electron chi connectivity index (χ2n) is 5.85. The Balaban J connectivity index is 1.90. The average Bonchev–Trinajstić information content (AvgIpc) is 2.57. The van der Waals surface area contributed by atoms with E-state index in [0.29, 0.717) is 11.4 Å². The first kappa shape index (κ1) is 16.6. The highest BCUT2D eigenvalue weighted by atomic mass is 16.2. The predicted octanol–water partition coefficient (Wildman–Crippen LogP) is 2.90. The van der Waals surface area contributed by atoms with Crippen molar-refractivity contribution in [1.29, 1.82) is 0 Å². The van der Waals surface area contributed by atoms with Crippen molar-refractivity contribution in [1.82, 2.24) is 5.32 Å². The van der Waals surface area contributed by atoms with Crippen molar-refractivity contribution in [2.45, 2.75) is 13.8 Å². The number of rotatable bonds is 3. The maximum Gasteiger partial charge on any atom is 0.335 e. The minimum Gasteiger partial charge on any atom is -0.276 e. The highest BCUT2D eigenvalue weighted by molar-refractivity contribution is 6.32. The molecule has 0 unspecified atom stereocenters. The number of carbonyl (C=O) groups is 3. The van der Waals surface area contributed by atoms with Gasteiger partial charge in [0.25, 0.3) is 5.91 Å². The van der Waals surface area contributed by atoms with Gasteiger partial charge in [0.15, 0.2) is 5.92 Å². The first-order valence-corrected chi connectivity index (χ1v) is 7.82. The highest BCUT2D eigenvalue weighted by Crippen LogP contribution is 2.24. The molecule has 1 atom stereocenters. The number of imide groups is 2. The number of hydrogen-bond donors (Lipinski definition) is 1. The van der Waals surface area contributed by atoms with E-state index in [1.54, 1.807) is 37.3 Å². The van der Waals surface area contributed by atoms with Crippen LogP contribution in [0, 0.1) is 19.8 Å². The Kier molecular flexibility index (Phi) is 4.43. The summed E-state index contributed by atoms with van der Waals surface area (Å²) in [5.41, 5.74) is 2.92. The summed E-state index contributed by atoms with van der Waals surface area (Å²) in [4.78, 5) is 42.2. The lowest BCUT2D eigenvalue weighted by Gasteiger charge is -2.29. The smallest absolute Gasteiger partial charge is 0.276 e. The Bertz CT molecular complexity index is 872. The van der Waals surface area contributed by atoms with Gasteiger partial charge in [-0.15, -0.1) is 0 Å². The molecule has 1 aliphatic rings. The Hall–Kier alpha value is -3.28. The number of para-hydroxylation sites is 1. The second kappa shape index (κ2) is 6.68. The summed E-state index contributed by atoms with van der Waals surface area (Å²) in [6.45, 7) is 3.75. The molecule has 0 spiro atoms. The van der Waals surface area contributed by atoms with Gasteiger partial charge in [-0.2, -0.15) is 0 Å². The summed E-state index contributed by atoms with van der Waals surface area (Å²) in [7, 11) is 0. The maximum atomic E-state index is 12.7. The molecule has 1 N–H and O–H groups in total. The van der Waals surface area contributed by atoms with Crippen molar-refractivity contribution in [2.24, 2.45) is 10.9 Å². The zero-order chi connectivity index (χ0) is 18.0. The Morgan fingerprint density at radius 1 is 1.00 bits per heavy atom. The molecule has 6 heteroatoms. The van der Waals surface area contributed by atoms with Crippen molar-refractivity contribution in [3.05, 3.63) is 59.7 Å². The van der Waals surface area contributed by atoms with Crippen LogP contribution in [0.2, 0.25) is 0 Å². The van der Waals surface area contributed by atoms with E-state index in [1.807, 2.05) is 25.1 Å². The van der Waals surface area contributed by atoms with Crippen molar-refractivity contribution in [3.63, 3.8) is 0 Å². The molecule has 0 aliphatic carbocycles. The van der Waals surface area contributed by atoms with Gasteiger partial charge >= 0.3 is 6.03 Å². The summed E-state index contributed by atoms with van der Waals surface area (Å²) in [5, 5.41) is 2.22. The van der Waals surface area contributed by atoms with Gasteiger partial charge in [-0.3, -0.25) is 19.9 Å². The van der Waals surface area contributed by atoms with Gasteiger partial charge in [-0.25, -0.2) is 9.69 Å². The number of amides is 4. The van der Waals surface area contributed by atoms with Crippen LogP contribution >= 0.6 is 0 Å². The van der Waals surface area contributed by atoms with Crippen LogP contribution in [0.25, 0.3) is 0 Å². The second-order valence-corrected chi connectivity index (χ2v) is 5.85. The molecule has 1 heterocycles. The van der Waals surface area contributed by atoms with Crippen LogP contribution in [0.4, 0.5) is 16.2 Å². The third-order valence-electron chi connectivity index (χ3n) is 3.97. The molecule has 4 amide bonds. The van der Waals surface area contributed by atoms with E-state index in [2.05, 4.69) is 10.3 Å². The van der Waals surface area contributed by atoms with E-state index in [-0.39, 0.29) is 0 Å². The molecule has 0 bridgehead atoms. The third kappa shape index (κ3) is 3.33. The van der Waals surface area contributed by atoms with Crippen molar-refractivity contribution in [3.8, 4) is 0 Å². The first-order valence-electron chi connectivity index (χ1n) is 7.82. The van der Waals surface area contributed by atoms with Gasteiger partial charge in [-0.05, 0) is 37.6 Å². The first-order chi connectivity index (χ1) is 12.0. The molecule has 126 valence electrons. The Morgan fingerprint density at radius 2 is 1.68 bits per heavy atom.